The third-order valence-electron chi connectivity index (χ3n) is 3.17. The average Bonchev–Trinajstić information content (AvgIpc) is 3.10. The van der Waals surface area contributed by atoms with Crippen molar-refractivity contribution in [3.63, 3.8) is 0 Å². The van der Waals surface area contributed by atoms with Gasteiger partial charge < -0.3 is 9.47 Å². The molecule has 3 rings (SSSR count). The van der Waals surface area contributed by atoms with Crippen molar-refractivity contribution >= 4 is 5.97 Å². The van der Waals surface area contributed by atoms with E-state index in [0.717, 1.165) is 11.3 Å². The second-order valence-electron chi connectivity index (χ2n) is 4.75. The van der Waals surface area contributed by atoms with Crippen LogP contribution in [-0.2, 0) is 11.2 Å². The maximum atomic E-state index is 12.0. The van der Waals surface area contributed by atoms with Crippen molar-refractivity contribution in [3.8, 4) is 17.2 Å². The first-order chi connectivity index (χ1) is 11.2. The van der Waals surface area contributed by atoms with Crippen molar-refractivity contribution in [2.75, 3.05) is 7.11 Å². The van der Waals surface area contributed by atoms with Crippen molar-refractivity contribution in [1.82, 2.24) is 20.2 Å². The van der Waals surface area contributed by atoms with Crippen LogP contribution in [0.3, 0.4) is 0 Å². The molecule has 0 radical (unpaired) electrons. The number of benzene rings is 2. The number of aromatic nitrogens is 4. The minimum Gasteiger partial charge on any atom is -0.497 e. The summed E-state index contributed by atoms with van der Waals surface area (Å²) in [7, 11) is 1.60. The second kappa shape index (κ2) is 6.69. The molecule has 116 valence electrons. The molecule has 1 aromatic heterocycles. The Kier molecular flexibility index (Phi) is 4.28. The van der Waals surface area contributed by atoms with Crippen molar-refractivity contribution in [2.24, 2.45) is 0 Å². The normalized spacial score (nSPS) is 10.3. The number of carbonyl (C=O) groups excluding carboxylic acids is 1. The number of hydrogen-bond donors (Lipinski definition) is 0. The quantitative estimate of drug-likeness (QED) is 0.528. The summed E-state index contributed by atoms with van der Waals surface area (Å²) in [5, 5.41) is 10.9. The standard InChI is InChI=1S/C16H14N4O3/c1-22-14-7-5-12(6-8-14)9-16(21)23-15-4-2-3-13(10-15)20-11-17-18-19-20/h2-8,10-11H,9H2,1H3. The monoisotopic (exact) mass is 310 g/mol. The van der Waals surface area contributed by atoms with E-state index in [1.165, 1.54) is 11.0 Å². The highest BCUT2D eigenvalue weighted by Gasteiger charge is 2.08. The van der Waals surface area contributed by atoms with Crippen LogP contribution in [0, 0.1) is 0 Å². The zero-order valence-corrected chi connectivity index (χ0v) is 12.4. The van der Waals surface area contributed by atoms with Gasteiger partial charge in [0.1, 0.15) is 17.8 Å². The van der Waals surface area contributed by atoms with Crippen molar-refractivity contribution < 1.29 is 14.3 Å². The van der Waals surface area contributed by atoms with E-state index in [9.17, 15) is 4.79 Å². The van der Waals surface area contributed by atoms with Crippen LogP contribution in [-0.4, -0.2) is 33.3 Å². The molecule has 0 spiro atoms. The fourth-order valence-corrected chi connectivity index (χ4v) is 2.05. The van der Waals surface area contributed by atoms with Crippen LogP contribution in [0.25, 0.3) is 5.69 Å². The van der Waals surface area contributed by atoms with Crippen LogP contribution < -0.4 is 9.47 Å². The molecule has 7 heteroatoms. The van der Waals surface area contributed by atoms with Gasteiger partial charge in [-0.05, 0) is 40.3 Å². The summed E-state index contributed by atoms with van der Waals surface area (Å²) in [6.45, 7) is 0. The predicted octanol–water partition coefficient (Wildman–Crippen LogP) is 1.82. The van der Waals surface area contributed by atoms with Gasteiger partial charge in [0.2, 0.25) is 0 Å². The molecule has 0 atom stereocenters. The van der Waals surface area contributed by atoms with Crippen molar-refractivity contribution in [2.45, 2.75) is 6.42 Å². The molecule has 0 unspecified atom stereocenters. The molecule has 0 aliphatic rings. The van der Waals surface area contributed by atoms with Gasteiger partial charge in [-0.1, -0.05) is 18.2 Å². The minimum atomic E-state index is -0.343. The molecule has 0 saturated heterocycles. The van der Waals surface area contributed by atoms with Gasteiger partial charge in [0.15, 0.2) is 0 Å². The van der Waals surface area contributed by atoms with Crippen LogP contribution in [0.5, 0.6) is 11.5 Å². The number of rotatable bonds is 5. The van der Waals surface area contributed by atoms with Crippen LogP contribution in [0.4, 0.5) is 0 Å². The molecule has 1 heterocycles. The zero-order valence-electron chi connectivity index (χ0n) is 12.4. The smallest absolute Gasteiger partial charge is 0.315 e. The molecule has 0 aliphatic heterocycles. The first-order valence-electron chi connectivity index (χ1n) is 6.91. The topological polar surface area (TPSA) is 79.1 Å². The van der Waals surface area contributed by atoms with E-state index < -0.39 is 0 Å². The summed E-state index contributed by atoms with van der Waals surface area (Å²) in [5.74, 6) is 0.844. The van der Waals surface area contributed by atoms with Gasteiger partial charge in [0.25, 0.3) is 0 Å². The van der Waals surface area contributed by atoms with Gasteiger partial charge in [-0.2, -0.15) is 0 Å². The van der Waals surface area contributed by atoms with E-state index >= 15 is 0 Å². The summed E-state index contributed by atoms with van der Waals surface area (Å²) in [6.07, 6.45) is 1.65. The number of methoxy groups -OCH3 is 1. The largest absolute Gasteiger partial charge is 0.497 e. The van der Waals surface area contributed by atoms with Crippen LogP contribution in [0.1, 0.15) is 5.56 Å². The van der Waals surface area contributed by atoms with Gasteiger partial charge >= 0.3 is 5.97 Å². The maximum Gasteiger partial charge on any atom is 0.315 e. The van der Waals surface area contributed by atoms with Crippen LogP contribution in [0.2, 0.25) is 0 Å². The Morgan fingerprint density at radius 3 is 2.65 bits per heavy atom. The third kappa shape index (κ3) is 3.70. The number of ether oxygens (including phenoxy) is 2. The molecule has 2 aromatic carbocycles. The van der Waals surface area contributed by atoms with Gasteiger partial charge in [-0.15, -0.1) is 5.10 Å². The van der Waals surface area contributed by atoms with Gasteiger partial charge in [-0.3, -0.25) is 4.79 Å². The van der Waals surface area contributed by atoms with E-state index in [-0.39, 0.29) is 12.4 Å². The summed E-state index contributed by atoms with van der Waals surface area (Å²) in [6, 6.07) is 14.3. The summed E-state index contributed by atoms with van der Waals surface area (Å²) < 4.78 is 11.9. The lowest BCUT2D eigenvalue weighted by Gasteiger charge is -2.07. The van der Waals surface area contributed by atoms with E-state index in [2.05, 4.69) is 15.5 Å². The van der Waals surface area contributed by atoms with E-state index in [4.69, 9.17) is 9.47 Å². The van der Waals surface area contributed by atoms with Gasteiger partial charge in [-0.25, -0.2) is 4.68 Å². The molecule has 0 aliphatic carbocycles. The molecule has 23 heavy (non-hydrogen) atoms. The molecule has 0 fully saturated rings. The third-order valence-corrected chi connectivity index (χ3v) is 3.17. The lowest BCUT2D eigenvalue weighted by molar-refractivity contribution is -0.133. The summed E-state index contributed by atoms with van der Waals surface area (Å²) >= 11 is 0. The molecule has 3 aromatic rings. The van der Waals surface area contributed by atoms with E-state index in [1.807, 2.05) is 18.2 Å². The highest BCUT2D eigenvalue weighted by molar-refractivity contribution is 5.75. The molecule has 7 nitrogen and oxygen atoms in total. The number of carbonyl (C=O) groups is 1. The lowest BCUT2D eigenvalue weighted by Crippen LogP contribution is -2.11. The van der Waals surface area contributed by atoms with Crippen LogP contribution >= 0.6 is 0 Å². The Morgan fingerprint density at radius 2 is 1.96 bits per heavy atom. The molecule has 0 amide bonds. The summed E-state index contributed by atoms with van der Waals surface area (Å²) in [4.78, 5) is 12.0. The van der Waals surface area contributed by atoms with Crippen LogP contribution in [0.15, 0.2) is 54.9 Å². The second-order valence-corrected chi connectivity index (χ2v) is 4.75. The highest BCUT2D eigenvalue weighted by atomic mass is 16.5. The van der Waals surface area contributed by atoms with Crippen molar-refractivity contribution in [3.05, 3.63) is 60.4 Å². The zero-order chi connectivity index (χ0) is 16.1. The van der Waals surface area contributed by atoms with E-state index in [1.54, 1.807) is 37.4 Å². The molecular formula is C16H14N4O3. The summed E-state index contributed by atoms with van der Waals surface area (Å²) in [5.41, 5.74) is 1.57. The Bertz CT molecular complexity index is 785. The number of esters is 1. The van der Waals surface area contributed by atoms with Crippen molar-refractivity contribution in [1.29, 1.82) is 0 Å². The molecule has 0 saturated carbocycles. The fraction of sp³-hybridized carbons (Fsp3) is 0.125. The van der Waals surface area contributed by atoms with Gasteiger partial charge in [0, 0.05) is 6.07 Å². The first-order valence-corrected chi connectivity index (χ1v) is 6.91. The average molecular weight is 310 g/mol. The Labute approximate surface area is 132 Å². The first kappa shape index (κ1) is 14.7. The molecular weight excluding hydrogens is 296 g/mol. The SMILES string of the molecule is COc1ccc(CC(=O)Oc2cccc(-n3cnnn3)c2)cc1. The minimum absolute atomic E-state index is 0.180. The number of tetrazole rings is 1. The Balaban J connectivity index is 1.66. The predicted molar refractivity (Wildman–Crippen MR) is 81.5 cm³/mol. The van der Waals surface area contributed by atoms with Gasteiger partial charge in [0.05, 0.1) is 19.2 Å². The Morgan fingerprint density at radius 1 is 1.13 bits per heavy atom. The van der Waals surface area contributed by atoms with E-state index in [0.29, 0.717) is 11.4 Å². The fourth-order valence-electron chi connectivity index (χ4n) is 2.05. The molecule has 0 N–H and O–H groups in total. The number of nitrogens with zero attached hydrogens (tertiary/aromatic N) is 4. The highest BCUT2D eigenvalue weighted by Crippen LogP contribution is 2.17. The Hall–Kier alpha value is -3.22. The maximum absolute atomic E-state index is 12.0. The molecule has 0 bridgehead atoms. The lowest BCUT2D eigenvalue weighted by atomic mass is 10.1. The number of hydrogen-bond acceptors (Lipinski definition) is 6.